The second-order valence-electron chi connectivity index (χ2n) is 4.65. The minimum atomic E-state index is -0.446. The Morgan fingerprint density at radius 3 is 2.53 bits per heavy atom. The zero-order valence-electron chi connectivity index (χ0n) is 10.5. The average molecular weight is 295 g/mol. The van der Waals surface area contributed by atoms with E-state index in [4.69, 9.17) is 0 Å². The quantitative estimate of drug-likeness (QED) is 0.835. The first-order valence-corrected chi connectivity index (χ1v) is 7.41. The van der Waals surface area contributed by atoms with Crippen molar-refractivity contribution < 1.29 is 9.59 Å². The average Bonchev–Trinajstić information content (AvgIpc) is 2.85. The van der Waals surface area contributed by atoms with Gasteiger partial charge in [-0.3, -0.25) is 9.59 Å². The van der Waals surface area contributed by atoms with Crippen LogP contribution in [-0.2, 0) is 9.59 Å². The van der Waals surface area contributed by atoms with Crippen LogP contribution in [-0.4, -0.2) is 34.3 Å². The molecule has 5 heteroatoms. The Morgan fingerprint density at radius 1 is 1.26 bits per heavy atom. The van der Waals surface area contributed by atoms with Crippen LogP contribution in [0.1, 0.15) is 24.3 Å². The van der Waals surface area contributed by atoms with Gasteiger partial charge in [0.2, 0.25) is 11.0 Å². The molecule has 2 atom stereocenters. The Balaban J connectivity index is 2.23. The van der Waals surface area contributed by atoms with Crippen LogP contribution in [0.3, 0.4) is 0 Å². The third-order valence-corrected chi connectivity index (χ3v) is 4.01. The Labute approximate surface area is 124 Å². The molecule has 2 rings (SSSR count). The van der Waals surface area contributed by atoms with E-state index in [1.807, 2.05) is 30.3 Å². The predicted molar refractivity (Wildman–Crippen MR) is 81.8 cm³/mol. The molecule has 1 aromatic carbocycles. The molecule has 1 amide bonds. The summed E-state index contributed by atoms with van der Waals surface area (Å²) < 4.78 is 0. The van der Waals surface area contributed by atoms with Crippen LogP contribution in [0, 0.1) is 0 Å². The van der Waals surface area contributed by atoms with Crippen LogP contribution in [0.5, 0.6) is 0 Å². The van der Waals surface area contributed by atoms with Gasteiger partial charge < -0.3 is 4.90 Å². The van der Waals surface area contributed by atoms with Gasteiger partial charge in [-0.15, -0.1) is 12.6 Å². The van der Waals surface area contributed by atoms with Crippen molar-refractivity contribution in [1.82, 2.24) is 4.90 Å². The number of nitrogens with zero attached hydrogens (tertiary/aromatic N) is 1. The second-order valence-corrected chi connectivity index (χ2v) is 5.54. The lowest BCUT2D eigenvalue weighted by molar-refractivity contribution is -0.135. The summed E-state index contributed by atoms with van der Waals surface area (Å²) in [7, 11) is 0. The number of carbonyl (C=O) groups excluding carboxylic acids is 2. The van der Waals surface area contributed by atoms with Gasteiger partial charge in [-0.05, 0) is 17.7 Å². The van der Waals surface area contributed by atoms with E-state index in [0.29, 0.717) is 18.7 Å². The fraction of sp³-hybridized carbons (Fsp3) is 0.429. The molecule has 1 fully saturated rings. The van der Waals surface area contributed by atoms with Crippen LogP contribution < -0.4 is 0 Å². The Bertz CT molecular complexity index is 464. The lowest BCUT2D eigenvalue weighted by Gasteiger charge is -2.25. The summed E-state index contributed by atoms with van der Waals surface area (Å²) in [6.45, 7) is 0.614. The maximum absolute atomic E-state index is 12.0. The van der Waals surface area contributed by atoms with Crippen LogP contribution in [0.4, 0.5) is 0 Å². The van der Waals surface area contributed by atoms with E-state index >= 15 is 0 Å². The molecule has 0 saturated carbocycles. The van der Waals surface area contributed by atoms with Crippen molar-refractivity contribution >= 4 is 36.3 Å². The summed E-state index contributed by atoms with van der Waals surface area (Å²) in [5.41, 5.74) is 1.09. The van der Waals surface area contributed by atoms with Crippen molar-refractivity contribution in [3.05, 3.63) is 35.9 Å². The molecule has 1 aliphatic heterocycles. The second kappa shape index (κ2) is 6.48. The zero-order chi connectivity index (χ0) is 13.8. The van der Waals surface area contributed by atoms with Crippen molar-refractivity contribution in [2.45, 2.75) is 24.8 Å². The molecule has 1 aliphatic rings. The smallest absolute Gasteiger partial charge is 0.224 e. The van der Waals surface area contributed by atoms with E-state index in [2.05, 4.69) is 25.3 Å². The predicted octanol–water partition coefficient (Wildman–Crippen LogP) is 2.15. The standard InChI is InChI=1S/C14H17NO2S2/c16-12(7-9-18)15-8-6-11(13(15)14(17)19)10-4-2-1-3-5-10/h1-5,11,13,18H,6-9H2,(H,17,19)/t11-,13+/m0/s1. The van der Waals surface area contributed by atoms with Crippen LogP contribution >= 0.6 is 25.3 Å². The minimum Gasteiger partial charge on any atom is -0.331 e. The first-order chi connectivity index (χ1) is 9.15. The fourth-order valence-corrected chi connectivity index (χ4v) is 3.18. The fourth-order valence-electron chi connectivity index (χ4n) is 2.67. The van der Waals surface area contributed by atoms with Gasteiger partial charge in [0.15, 0.2) is 0 Å². The number of hydrogen-bond donors (Lipinski definition) is 2. The minimum absolute atomic E-state index is 0.0131. The number of benzene rings is 1. The van der Waals surface area contributed by atoms with E-state index < -0.39 is 6.04 Å². The number of thiol groups is 2. The summed E-state index contributed by atoms with van der Waals surface area (Å²) in [6.07, 6.45) is 1.17. The summed E-state index contributed by atoms with van der Waals surface area (Å²) in [5, 5.41) is -0.237. The van der Waals surface area contributed by atoms with Crippen molar-refractivity contribution in [2.24, 2.45) is 0 Å². The topological polar surface area (TPSA) is 37.4 Å². The Morgan fingerprint density at radius 2 is 1.95 bits per heavy atom. The lowest BCUT2D eigenvalue weighted by Crippen LogP contribution is -2.41. The largest absolute Gasteiger partial charge is 0.331 e. The van der Waals surface area contributed by atoms with Gasteiger partial charge in [-0.25, -0.2) is 0 Å². The third kappa shape index (κ3) is 3.15. The molecule has 102 valence electrons. The molecule has 19 heavy (non-hydrogen) atoms. The molecular weight excluding hydrogens is 278 g/mol. The summed E-state index contributed by atoms with van der Waals surface area (Å²) in [5.74, 6) is 0.537. The first-order valence-electron chi connectivity index (χ1n) is 6.33. The number of amides is 1. The zero-order valence-corrected chi connectivity index (χ0v) is 12.3. The highest BCUT2D eigenvalue weighted by Crippen LogP contribution is 2.35. The SMILES string of the molecule is O=C(S)[C@H]1[C@H](c2ccccc2)CCN1C(=O)CCS. The lowest BCUT2D eigenvalue weighted by atomic mass is 9.92. The molecule has 0 aliphatic carbocycles. The molecule has 0 radical (unpaired) electrons. The molecule has 1 heterocycles. The highest BCUT2D eigenvalue weighted by atomic mass is 32.1. The molecule has 3 nitrogen and oxygen atoms in total. The maximum atomic E-state index is 12.0. The Kier molecular flexibility index (Phi) is 4.93. The molecule has 0 spiro atoms. The van der Waals surface area contributed by atoms with Gasteiger partial charge in [0.1, 0.15) is 6.04 Å². The molecule has 0 unspecified atom stereocenters. The van der Waals surface area contributed by atoms with Crippen molar-refractivity contribution in [2.75, 3.05) is 12.3 Å². The van der Waals surface area contributed by atoms with E-state index in [0.717, 1.165) is 12.0 Å². The molecule has 0 N–H and O–H groups in total. The molecular formula is C14H17NO2S2. The molecule has 1 aromatic rings. The van der Waals surface area contributed by atoms with E-state index in [-0.39, 0.29) is 16.9 Å². The van der Waals surface area contributed by atoms with E-state index in [9.17, 15) is 9.59 Å². The van der Waals surface area contributed by atoms with Crippen LogP contribution in [0.25, 0.3) is 0 Å². The number of hydrogen-bond acceptors (Lipinski definition) is 3. The van der Waals surface area contributed by atoms with Gasteiger partial charge in [-0.2, -0.15) is 12.6 Å². The van der Waals surface area contributed by atoms with Gasteiger partial charge >= 0.3 is 0 Å². The summed E-state index contributed by atoms with van der Waals surface area (Å²) in [4.78, 5) is 25.5. The van der Waals surface area contributed by atoms with E-state index in [1.165, 1.54) is 0 Å². The van der Waals surface area contributed by atoms with Gasteiger partial charge in [0.05, 0.1) is 0 Å². The summed E-state index contributed by atoms with van der Waals surface area (Å²) in [6, 6.07) is 9.40. The maximum Gasteiger partial charge on any atom is 0.224 e. The highest BCUT2D eigenvalue weighted by Gasteiger charge is 2.40. The number of carbonyl (C=O) groups is 2. The van der Waals surface area contributed by atoms with Gasteiger partial charge in [0, 0.05) is 18.9 Å². The third-order valence-electron chi connectivity index (χ3n) is 3.52. The monoisotopic (exact) mass is 295 g/mol. The molecule has 1 saturated heterocycles. The summed E-state index contributed by atoms with van der Waals surface area (Å²) >= 11 is 8.05. The van der Waals surface area contributed by atoms with Crippen molar-refractivity contribution in [3.63, 3.8) is 0 Å². The molecule has 0 aromatic heterocycles. The first kappa shape index (κ1) is 14.5. The van der Waals surface area contributed by atoms with Crippen molar-refractivity contribution in [1.29, 1.82) is 0 Å². The van der Waals surface area contributed by atoms with Crippen molar-refractivity contribution in [3.8, 4) is 0 Å². The van der Waals surface area contributed by atoms with Gasteiger partial charge in [-0.1, -0.05) is 30.3 Å². The van der Waals surface area contributed by atoms with Crippen LogP contribution in [0.15, 0.2) is 30.3 Å². The van der Waals surface area contributed by atoms with E-state index in [1.54, 1.807) is 4.90 Å². The molecule has 0 bridgehead atoms. The number of rotatable bonds is 4. The van der Waals surface area contributed by atoms with Gasteiger partial charge in [0.25, 0.3) is 0 Å². The Hall–Kier alpha value is -0.940. The highest BCUT2D eigenvalue weighted by molar-refractivity contribution is 7.96. The van der Waals surface area contributed by atoms with Crippen LogP contribution in [0.2, 0.25) is 0 Å². The normalized spacial score (nSPS) is 22.5. The number of likely N-dealkylation sites (tertiary alicyclic amines) is 1.